The van der Waals surface area contributed by atoms with E-state index in [-0.39, 0.29) is 0 Å². The summed E-state index contributed by atoms with van der Waals surface area (Å²) >= 11 is 0. The molecule has 0 aliphatic rings. The Morgan fingerprint density at radius 1 is 1.26 bits per heavy atom. The second kappa shape index (κ2) is 5.71. The van der Waals surface area contributed by atoms with Crippen LogP contribution in [0.25, 0.3) is 5.69 Å². The van der Waals surface area contributed by atoms with Gasteiger partial charge in [-0.15, -0.1) is 5.10 Å². The molecule has 0 aliphatic carbocycles. The van der Waals surface area contributed by atoms with Crippen molar-refractivity contribution in [1.82, 2.24) is 15.0 Å². The molecular weight excluding hydrogens is 244 g/mol. The maximum Gasteiger partial charge on any atom is 0.144 e. The van der Waals surface area contributed by atoms with Crippen LogP contribution >= 0.6 is 0 Å². The molecule has 102 valence electrons. The second-order valence-electron chi connectivity index (χ2n) is 3.99. The number of benzene rings is 1. The molecule has 1 heterocycles. The van der Waals surface area contributed by atoms with Crippen molar-refractivity contribution in [1.29, 1.82) is 0 Å². The largest absolute Gasteiger partial charge is 0.497 e. The normalized spacial score (nSPS) is 10.5. The van der Waals surface area contributed by atoms with Gasteiger partial charge in [0, 0.05) is 12.6 Å². The predicted molar refractivity (Wildman–Crippen MR) is 71.7 cm³/mol. The van der Waals surface area contributed by atoms with Crippen molar-refractivity contribution in [3.05, 3.63) is 29.6 Å². The molecule has 0 fully saturated rings. The van der Waals surface area contributed by atoms with Crippen LogP contribution in [-0.2, 0) is 13.0 Å². The molecule has 2 N–H and O–H groups in total. The summed E-state index contributed by atoms with van der Waals surface area (Å²) in [6.45, 7) is 2.41. The lowest BCUT2D eigenvalue weighted by molar-refractivity contribution is 0.400. The van der Waals surface area contributed by atoms with Gasteiger partial charge in [-0.25, -0.2) is 4.68 Å². The summed E-state index contributed by atoms with van der Waals surface area (Å²) in [6, 6.07) is 5.55. The van der Waals surface area contributed by atoms with Crippen LogP contribution in [0.5, 0.6) is 11.5 Å². The lowest BCUT2D eigenvalue weighted by Gasteiger charge is -2.12. The number of ether oxygens (including phenoxy) is 2. The van der Waals surface area contributed by atoms with Gasteiger partial charge in [-0.2, -0.15) is 0 Å². The number of nitrogens with two attached hydrogens (primary N) is 1. The highest BCUT2D eigenvalue weighted by Crippen LogP contribution is 2.28. The molecule has 0 spiro atoms. The molecule has 0 aliphatic heterocycles. The van der Waals surface area contributed by atoms with Crippen molar-refractivity contribution in [3.63, 3.8) is 0 Å². The average molecular weight is 262 g/mol. The molecule has 2 aromatic rings. The summed E-state index contributed by atoms with van der Waals surface area (Å²) in [5, 5.41) is 8.27. The van der Waals surface area contributed by atoms with Gasteiger partial charge in [-0.05, 0) is 18.6 Å². The van der Waals surface area contributed by atoms with E-state index in [4.69, 9.17) is 15.2 Å². The monoisotopic (exact) mass is 262 g/mol. The summed E-state index contributed by atoms with van der Waals surface area (Å²) in [4.78, 5) is 0. The minimum atomic E-state index is 0.370. The SMILES string of the molecule is CCc1c(CN)nnn1-c1cc(OC)ccc1OC. The van der Waals surface area contributed by atoms with E-state index in [1.54, 1.807) is 18.9 Å². The Morgan fingerprint density at radius 3 is 2.63 bits per heavy atom. The van der Waals surface area contributed by atoms with Gasteiger partial charge in [0.2, 0.25) is 0 Å². The average Bonchev–Trinajstić information content (AvgIpc) is 2.89. The van der Waals surface area contributed by atoms with Crippen molar-refractivity contribution >= 4 is 0 Å². The van der Waals surface area contributed by atoms with E-state index in [1.807, 2.05) is 25.1 Å². The van der Waals surface area contributed by atoms with Gasteiger partial charge >= 0.3 is 0 Å². The molecule has 0 bridgehead atoms. The van der Waals surface area contributed by atoms with E-state index in [2.05, 4.69) is 10.3 Å². The number of rotatable bonds is 5. The Kier molecular flexibility index (Phi) is 4.01. The molecule has 0 unspecified atom stereocenters. The lowest BCUT2D eigenvalue weighted by atomic mass is 10.2. The van der Waals surface area contributed by atoms with Gasteiger partial charge in [0.15, 0.2) is 0 Å². The summed E-state index contributed by atoms with van der Waals surface area (Å²) < 4.78 is 12.4. The third kappa shape index (κ3) is 2.39. The van der Waals surface area contributed by atoms with Crippen molar-refractivity contribution < 1.29 is 9.47 Å². The van der Waals surface area contributed by atoms with Crippen molar-refractivity contribution in [3.8, 4) is 17.2 Å². The maximum absolute atomic E-state index is 5.67. The highest BCUT2D eigenvalue weighted by molar-refractivity contribution is 5.51. The first-order valence-electron chi connectivity index (χ1n) is 6.11. The van der Waals surface area contributed by atoms with Gasteiger partial charge < -0.3 is 15.2 Å². The van der Waals surface area contributed by atoms with Crippen LogP contribution in [-0.4, -0.2) is 29.2 Å². The molecule has 19 heavy (non-hydrogen) atoms. The van der Waals surface area contributed by atoms with E-state index in [0.717, 1.165) is 29.2 Å². The van der Waals surface area contributed by atoms with Gasteiger partial charge in [-0.1, -0.05) is 12.1 Å². The van der Waals surface area contributed by atoms with E-state index in [9.17, 15) is 0 Å². The minimum absolute atomic E-state index is 0.370. The fourth-order valence-electron chi connectivity index (χ4n) is 2.00. The number of aromatic nitrogens is 3. The summed E-state index contributed by atoms with van der Waals surface area (Å²) in [5.41, 5.74) is 8.25. The third-order valence-corrected chi connectivity index (χ3v) is 2.99. The van der Waals surface area contributed by atoms with E-state index in [1.165, 1.54) is 0 Å². The molecule has 0 amide bonds. The molecule has 1 aromatic carbocycles. The fourth-order valence-corrected chi connectivity index (χ4v) is 2.00. The molecule has 0 saturated heterocycles. The Labute approximate surface area is 112 Å². The lowest BCUT2D eigenvalue weighted by Crippen LogP contribution is -2.06. The predicted octanol–water partition coefficient (Wildman–Crippen LogP) is 1.31. The first-order chi connectivity index (χ1) is 9.24. The third-order valence-electron chi connectivity index (χ3n) is 2.99. The Hall–Kier alpha value is -2.08. The fraction of sp³-hybridized carbons (Fsp3) is 0.385. The van der Waals surface area contributed by atoms with Crippen LogP contribution in [0, 0.1) is 0 Å². The molecule has 0 saturated carbocycles. The topological polar surface area (TPSA) is 75.2 Å². The highest BCUT2D eigenvalue weighted by atomic mass is 16.5. The van der Waals surface area contributed by atoms with Crippen LogP contribution in [0.2, 0.25) is 0 Å². The molecular formula is C13H18N4O2. The molecule has 1 aromatic heterocycles. The van der Waals surface area contributed by atoms with Crippen LogP contribution in [0.1, 0.15) is 18.3 Å². The zero-order valence-electron chi connectivity index (χ0n) is 11.4. The zero-order valence-corrected chi connectivity index (χ0v) is 11.4. The zero-order chi connectivity index (χ0) is 13.8. The Balaban J connectivity index is 2.59. The molecule has 6 nitrogen and oxygen atoms in total. The summed E-state index contributed by atoms with van der Waals surface area (Å²) in [6.07, 6.45) is 0.792. The molecule has 0 atom stereocenters. The van der Waals surface area contributed by atoms with Gasteiger partial charge in [0.25, 0.3) is 0 Å². The van der Waals surface area contributed by atoms with Crippen LogP contribution in [0.15, 0.2) is 18.2 Å². The molecule has 2 rings (SSSR count). The van der Waals surface area contributed by atoms with Gasteiger partial charge in [0.1, 0.15) is 17.2 Å². The minimum Gasteiger partial charge on any atom is -0.497 e. The van der Waals surface area contributed by atoms with E-state index < -0.39 is 0 Å². The Bertz CT molecular complexity index is 566. The molecule has 0 radical (unpaired) electrons. The maximum atomic E-state index is 5.67. The second-order valence-corrected chi connectivity index (χ2v) is 3.99. The highest BCUT2D eigenvalue weighted by Gasteiger charge is 2.15. The quantitative estimate of drug-likeness (QED) is 0.879. The van der Waals surface area contributed by atoms with E-state index in [0.29, 0.717) is 12.3 Å². The van der Waals surface area contributed by atoms with Crippen molar-refractivity contribution in [2.45, 2.75) is 19.9 Å². The van der Waals surface area contributed by atoms with Gasteiger partial charge in [-0.3, -0.25) is 0 Å². The Morgan fingerprint density at radius 2 is 2.05 bits per heavy atom. The summed E-state index contributed by atoms with van der Waals surface area (Å²) in [7, 11) is 3.25. The van der Waals surface area contributed by atoms with Crippen molar-refractivity contribution in [2.75, 3.05) is 14.2 Å². The summed E-state index contributed by atoms with van der Waals surface area (Å²) in [5.74, 6) is 1.45. The van der Waals surface area contributed by atoms with Gasteiger partial charge in [0.05, 0.1) is 25.6 Å². The number of methoxy groups -OCH3 is 2. The first-order valence-corrected chi connectivity index (χ1v) is 6.11. The van der Waals surface area contributed by atoms with Crippen LogP contribution in [0.4, 0.5) is 0 Å². The number of hydrogen-bond acceptors (Lipinski definition) is 5. The number of nitrogens with zero attached hydrogens (tertiary/aromatic N) is 3. The standard InChI is InChI=1S/C13H18N4O2/c1-4-11-10(8-14)15-16-17(11)12-7-9(18-2)5-6-13(12)19-3/h5-7H,4,8,14H2,1-3H3. The van der Waals surface area contributed by atoms with Crippen molar-refractivity contribution in [2.24, 2.45) is 5.73 Å². The van der Waals surface area contributed by atoms with Crippen LogP contribution in [0.3, 0.4) is 0 Å². The van der Waals surface area contributed by atoms with Crippen LogP contribution < -0.4 is 15.2 Å². The smallest absolute Gasteiger partial charge is 0.144 e. The molecule has 6 heteroatoms. The number of hydrogen-bond donors (Lipinski definition) is 1. The first kappa shape index (κ1) is 13.4. The van der Waals surface area contributed by atoms with E-state index >= 15 is 0 Å².